The number of anilines is 1. The van der Waals surface area contributed by atoms with E-state index in [1.54, 1.807) is 29.1 Å². The van der Waals surface area contributed by atoms with Crippen LogP contribution >= 0.6 is 0 Å². The van der Waals surface area contributed by atoms with E-state index in [2.05, 4.69) is 15.5 Å². The van der Waals surface area contributed by atoms with Gasteiger partial charge in [0, 0.05) is 18.3 Å². The summed E-state index contributed by atoms with van der Waals surface area (Å²) in [4.78, 5) is 0. The summed E-state index contributed by atoms with van der Waals surface area (Å²) in [6.45, 7) is 1.44. The molecule has 1 N–H and O–H groups in total. The van der Waals surface area contributed by atoms with Gasteiger partial charge in [0.05, 0.1) is 6.04 Å². The van der Waals surface area contributed by atoms with Gasteiger partial charge in [0.25, 0.3) is 6.43 Å². The highest BCUT2D eigenvalue weighted by atomic mass is 19.3. The molecule has 2 rings (SSSR count). The normalized spacial score (nSPS) is 12.7. The van der Waals surface area contributed by atoms with Crippen LogP contribution in [0.2, 0.25) is 0 Å². The molecule has 18 heavy (non-hydrogen) atoms. The van der Waals surface area contributed by atoms with E-state index >= 15 is 0 Å². The van der Waals surface area contributed by atoms with E-state index in [4.69, 9.17) is 0 Å². The number of aromatic nitrogens is 3. The van der Waals surface area contributed by atoms with E-state index in [0.717, 1.165) is 5.56 Å². The lowest BCUT2D eigenvalue weighted by atomic mass is 10.1. The second-order valence-electron chi connectivity index (χ2n) is 4.11. The Balaban J connectivity index is 2.23. The molecule has 0 aliphatic carbocycles. The number of halogens is 2. The Hall–Kier alpha value is -1.98. The third kappa shape index (κ3) is 2.64. The van der Waals surface area contributed by atoms with Crippen LogP contribution in [0.5, 0.6) is 0 Å². The number of benzene rings is 1. The lowest BCUT2D eigenvalue weighted by molar-refractivity contribution is 0.131. The zero-order valence-electron chi connectivity index (χ0n) is 10.1. The summed E-state index contributed by atoms with van der Waals surface area (Å²) >= 11 is 0. The molecule has 0 aliphatic rings. The van der Waals surface area contributed by atoms with Crippen LogP contribution in [-0.4, -0.2) is 27.2 Å². The Labute approximate surface area is 104 Å². The number of nitrogens with zero attached hydrogens (tertiary/aromatic N) is 3. The fraction of sp³-hybridized carbons (Fsp3) is 0.333. The highest BCUT2D eigenvalue weighted by Gasteiger charge is 2.14. The summed E-state index contributed by atoms with van der Waals surface area (Å²) in [5.74, 6) is 0.698. The molecule has 0 fully saturated rings. The van der Waals surface area contributed by atoms with Gasteiger partial charge in [-0.15, -0.1) is 10.2 Å². The summed E-state index contributed by atoms with van der Waals surface area (Å²) in [7, 11) is 1.83. The standard InChI is InChI=1S/C12H14F2N4/c1-8(11(13)14)16-10-5-3-4-9(6-10)12-17-15-7-18(12)2/h3-8,11,16H,1-2H3. The molecule has 0 amide bonds. The Kier molecular flexibility index (Phi) is 3.55. The average Bonchev–Trinajstić information content (AvgIpc) is 2.75. The van der Waals surface area contributed by atoms with Gasteiger partial charge >= 0.3 is 0 Å². The second-order valence-corrected chi connectivity index (χ2v) is 4.11. The van der Waals surface area contributed by atoms with Gasteiger partial charge in [0.2, 0.25) is 0 Å². The first-order valence-electron chi connectivity index (χ1n) is 5.57. The largest absolute Gasteiger partial charge is 0.377 e. The van der Waals surface area contributed by atoms with E-state index in [1.165, 1.54) is 6.92 Å². The van der Waals surface area contributed by atoms with Crippen LogP contribution in [0.1, 0.15) is 6.92 Å². The molecule has 6 heteroatoms. The molecule has 1 aromatic carbocycles. The maximum absolute atomic E-state index is 12.5. The first-order chi connectivity index (χ1) is 8.58. The smallest absolute Gasteiger partial charge is 0.258 e. The highest BCUT2D eigenvalue weighted by molar-refractivity contribution is 5.62. The number of nitrogens with one attached hydrogen (secondary N) is 1. The lowest BCUT2D eigenvalue weighted by Gasteiger charge is -2.14. The Bertz CT molecular complexity index is 524. The van der Waals surface area contributed by atoms with Crippen LogP contribution in [0, 0.1) is 0 Å². The predicted octanol–water partition coefficient (Wildman–Crippen LogP) is 2.55. The van der Waals surface area contributed by atoms with Gasteiger partial charge < -0.3 is 9.88 Å². The van der Waals surface area contributed by atoms with E-state index in [0.29, 0.717) is 11.5 Å². The molecule has 0 bridgehead atoms. The van der Waals surface area contributed by atoms with E-state index in [-0.39, 0.29) is 0 Å². The van der Waals surface area contributed by atoms with Gasteiger partial charge in [-0.2, -0.15) is 0 Å². The third-order valence-electron chi connectivity index (χ3n) is 2.60. The topological polar surface area (TPSA) is 42.7 Å². The molecule has 1 heterocycles. The van der Waals surface area contributed by atoms with Gasteiger partial charge in [-0.25, -0.2) is 8.78 Å². The number of hydrogen-bond acceptors (Lipinski definition) is 3. The van der Waals surface area contributed by atoms with E-state index < -0.39 is 12.5 Å². The van der Waals surface area contributed by atoms with E-state index in [1.807, 2.05) is 13.1 Å². The van der Waals surface area contributed by atoms with Gasteiger partial charge in [0.15, 0.2) is 5.82 Å². The lowest BCUT2D eigenvalue weighted by Crippen LogP contribution is -2.23. The Morgan fingerprint density at radius 1 is 1.33 bits per heavy atom. The molecule has 0 saturated carbocycles. The van der Waals surface area contributed by atoms with Crippen LogP contribution in [0.3, 0.4) is 0 Å². The summed E-state index contributed by atoms with van der Waals surface area (Å²) in [5.41, 5.74) is 1.48. The van der Waals surface area contributed by atoms with E-state index in [9.17, 15) is 8.78 Å². The molecule has 4 nitrogen and oxygen atoms in total. The summed E-state index contributed by atoms with van der Waals surface area (Å²) < 4.78 is 26.7. The minimum atomic E-state index is -2.40. The SMILES string of the molecule is CC(Nc1cccc(-c2nncn2C)c1)C(F)F. The molecule has 0 spiro atoms. The van der Waals surface area contributed by atoms with Gasteiger partial charge in [-0.05, 0) is 19.1 Å². The van der Waals surface area contributed by atoms with Crippen molar-refractivity contribution in [3.8, 4) is 11.4 Å². The van der Waals surface area contributed by atoms with Crippen molar-refractivity contribution in [1.29, 1.82) is 0 Å². The predicted molar refractivity (Wildman–Crippen MR) is 65.5 cm³/mol. The number of aryl methyl sites for hydroxylation is 1. The van der Waals surface area contributed by atoms with Crippen molar-refractivity contribution in [2.45, 2.75) is 19.4 Å². The number of rotatable bonds is 4. The molecular weight excluding hydrogens is 238 g/mol. The molecule has 0 radical (unpaired) electrons. The maximum Gasteiger partial charge on any atom is 0.258 e. The van der Waals surface area contributed by atoms with Crippen LogP contribution in [0.4, 0.5) is 14.5 Å². The van der Waals surface area contributed by atoms with Crippen LogP contribution in [0.25, 0.3) is 11.4 Å². The van der Waals surface area contributed by atoms with Crippen molar-refractivity contribution in [2.75, 3.05) is 5.32 Å². The quantitative estimate of drug-likeness (QED) is 0.909. The van der Waals surface area contributed by atoms with Crippen molar-refractivity contribution < 1.29 is 8.78 Å². The minimum Gasteiger partial charge on any atom is -0.377 e. The van der Waals surface area contributed by atoms with Gasteiger partial charge in [-0.3, -0.25) is 0 Å². The van der Waals surface area contributed by atoms with Crippen molar-refractivity contribution in [3.63, 3.8) is 0 Å². The molecular formula is C12H14F2N4. The fourth-order valence-corrected chi connectivity index (χ4v) is 1.62. The number of hydrogen-bond donors (Lipinski definition) is 1. The average molecular weight is 252 g/mol. The summed E-state index contributed by atoms with van der Waals surface area (Å²) in [6.07, 6.45) is -0.805. The van der Waals surface area contributed by atoms with Gasteiger partial charge in [-0.1, -0.05) is 12.1 Å². The summed E-state index contributed by atoms with van der Waals surface area (Å²) in [6, 6.07) is 6.30. The molecule has 0 aliphatic heterocycles. The second kappa shape index (κ2) is 5.12. The zero-order chi connectivity index (χ0) is 13.1. The monoisotopic (exact) mass is 252 g/mol. The highest BCUT2D eigenvalue weighted by Crippen LogP contribution is 2.21. The van der Waals surface area contributed by atoms with Crippen molar-refractivity contribution >= 4 is 5.69 Å². The Morgan fingerprint density at radius 2 is 2.11 bits per heavy atom. The third-order valence-corrected chi connectivity index (χ3v) is 2.60. The molecule has 1 aromatic heterocycles. The summed E-state index contributed by atoms with van der Waals surface area (Å²) in [5, 5.41) is 10.5. The first-order valence-corrected chi connectivity index (χ1v) is 5.57. The molecule has 2 aromatic rings. The molecule has 1 atom stereocenters. The van der Waals surface area contributed by atoms with Crippen LogP contribution in [-0.2, 0) is 7.05 Å². The molecule has 0 saturated heterocycles. The van der Waals surface area contributed by atoms with Crippen molar-refractivity contribution in [1.82, 2.24) is 14.8 Å². The van der Waals surface area contributed by atoms with Crippen LogP contribution < -0.4 is 5.32 Å². The minimum absolute atomic E-state index is 0.642. The zero-order valence-corrected chi connectivity index (χ0v) is 10.1. The van der Waals surface area contributed by atoms with Crippen molar-refractivity contribution in [3.05, 3.63) is 30.6 Å². The molecule has 96 valence electrons. The fourth-order valence-electron chi connectivity index (χ4n) is 1.62. The maximum atomic E-state index is 12.5. The van der Waals surface area contributed by atoms with Crippen molar-refractivity contribution in [2.24, 2.45) is 7.05 Å². The first kappa shape index (κ1) is 12.5. The Morgan fingerprint density at radius 3 is 2.72 bits per heavy atom. The number of alkyl halides is 2. The molecule has 1 unspecified atom stereocenters. The van der Waals surface area contributed by atoms with Gasteiger partial charge in [0.1, 0.15) is 6.33 Å². The van der Waals surface area contributed by atoms with Crippen LogP contribution in [0.15, 0.2) is 30.6 Å².